The molecule has 2 aliphatic carbocycles. The van der Waals surface area contributed by atoms with Gasteiger partial charge in [-0.1, -0.05) is 65.3 Å². The van der Waals surface area contributed by atoms with Gasteiger partial charge in [-0.3, -0.25) is 9.48 Å². The molecule has 1 fully saturated rings. The molecule has 1 aromatic heterocycles. The Hall–Kier alpha value is -2.71. The third kappa shape index (κ3) is 3.16. The van der Waals surface area contributed by atoms with Crippen LogP contribution in [0, 0.1) is 29.1 Å². The molecular formula is C26H24BrN3O. The number of aromatic nitrogens is 2. The van der Waals surface area contributed by atoms with Gasteiger partial charge in [0.1, 0.15) is 5.92 Å². The topological polar surface area (TPSA) is 58.7 Å². The number of ketones is 1. The Kier molecular flexibility index (Phi) is 5.06. The van der Waals surface area contributed by atoms with E-state index in [2.05, 4.69) is 63.1 Å². The van der Waals surface area contributed by atoms with Crippen LogP contribution < -0.4 is 0 Å². The second kappa shape index (κ2) is 7.76. The molecule has 31 heavy (non-hydrogen) atoms. The second-order valence-electron chi connectivity index (χ2n) is 8.86. The number of nitriles is 1. The number of rotatable bonds is 3. The molecule has 5 heteroatoms. The maximum absolute atomic E-state index is 13.0. The molecule has 0 saturated heterocycles. The summed E-state index contributed by atoms with van der Waals surface area (Å²) in [5.41, 5.74) is 4.43. The molecule has 5 rings (SSSR count). The standard InChI is InChI=1S/C26H24BrN3O/c1-17-23-12-9-19-15-29-30(16-18-7-10-22(27)11-8-18)25(19)26(23,13-20(14-28)24(17)31)21-5-3-2-4-6-21/h2-8,10-11,15,17,20,23H,9,12-13,16H2,1H3/t17-,20?,23-,26+/m0/s1. The average Bonchev–Trinajstić information content (AvgIpc) is 3.21. The van der Waals surface area contributed by atoms with Crippen molar-refractivity contribution in [3.8, 4) is 6.07 Å². The zero-order chi connectivity index (χ0) is 21.6. The number of hydrogen-bond acceptors (Lipinski definition) is 3. The molecule has 1 saturated carbocycles. The Balaban J connectivity index is 1.71. The molecular weight excluding hydrogens is 450 g/mol. The predicted molar refractivity (Wildman–Crippen MR) is 122 cm³/mol. The summed E-state index contributed by atoms with van der Waals surface area (Å²) in [7, 11) is 0. The highest BCUT2D eigenvalue weighted by Gasteiger charge is 2.56. The number of fused-ring (bicyclic) bond motifs is 3. The quantitative estimate of drug-likeness (QED) is 0.518. The number of hydrogen-bond donors (Lipinski definition) is 0. The number of benzene rings is 2. The van der Waals surface area contributed by atoms with Crippen LogP contribution in [0.25, 0.3) is 0 Å². The zero-order valence-corrected chi connectivity index (χ0v) is 19.0. The van der Waals surface area contributed by atoms with Crippen LogP contribution in [0.5, 0.6) is 0 Å². The van der Waals surface area contributed by atoms with Gasteiger partial charge >= 0.3 is 0 Å². The van der Waals surface area contributed by atoms with Crippen molar-refractivity contribution in [1.82, 2.24) is 9.78 Å². The Morgan fingerprint density at radius 3 is 2.65 bits per heavy atom. The minimum atomic E-state index is -0.589. The largest absolute Gasteiger partial charge is 0.298 e. The van der Waals surface area contributed by atoms with Crippen molar-refractivity contribution in [2.45, 2.75) is 38.1 Å². The van der Waals surface area contributed by atoms with Gasteiger partial charge in [-0.25, -0.2) is 0 Å². The Labute approximate surface area is 191 Å². The predicted octanol–water partition coefficient (Wildman–Crippen LogP) is 5.29. The van der Waals surface area contributed by atoms with Crippen LogP contribution in [0.4, 0.5) is 0 Å². The molecule has 0 N–H and O–H groups in total. The lowest BCUT2D eigenvalue weighted by molar-refractivity contribution is -0.131. The highest BCUT2D eigenvalue weighted by molar-refractivity contribution is 9.10. The number of carbonyl (C=O) groups is 1. The monoisotopic (exact) mass is 473 g/mol. The van der Waals surface area contributed by atoms with Gasteiger partial charge in [-0.05, 0) is 54.0 Å². The summed E-state index contributed by atoms with van der Waals surface area (Å²) < 4.78 is 3.17. The maximum atomic E-state index is 13.0. The highest BCUT2D eigenvalue weighted by Crippen LogP contribution is 2.56. The highest BCUT2D eigenvalue weighted by atomic mass is 79.9. The van der Waals surface area contributed by atoms with Crippen molar-refractivity contribution in [2.75, 3.05) is 0 Å². The van der Waals surface area contributed by atoms with Crippen LogP contribution in [0.15, 0.2) is 65.3 Å². The number of nitrogens with zero attached hydrogens (tertiary/aromatic N) is 3. The normalized spacial score (nSPS) is 27.3. The van der Waals surface area contributed by atoms with E-state index in [-0.39, 0.29) is 23.0 Å². The van der Waals surface area contributed by atoms with Crippen LogP contribution in [-0.2, 0) is 23.2 Å². The molecule has 4 atom stereocenters. The van der Waals surface area contributed by atoms with E-state index in [9.17, 15) is 10.1 Å². The van der Waals surface area contributed by atoms with Crippen molar-refractivity contribution < 1.29 is 4.79 Å². The molecule has 0 aliphatic heterocycles. The summed E-state index contributed by atoms with van der Waals surface area (Å²) in [5, 5.41) is 14.7. The number of carbonyl (C=O) groups excluding carboxylic acids is 1. The summed E-state index contributed by atoms with van der Waals surface area (Å²) in [4.78, 5) is 13.0. The summed E-state index contributed by atoms with van der Waals surface area (Å²) in [6.45, 7) is 2.69. The molecule has 156 valence electrons. The van der Waals surface area contributed by atoms with Crippen LogP contribution in [0.3, 0.4) is 0 Å². The van der Waals surface area contributed by atoms with Crippen LogP contribution in [-0.4, -0.2) is 15.6 Å². The summed E-state index contributed by atoms with van der Waals surface area (Å²) in [6, 6.07) is 21.1. The average molecular weight is 474 g/mol. The fourth-order valence-electron chi connectivity index (χ4n) is 5.92. The van der Waals surface area contributed by atoms with Gasteiger partial charge in [-0.2, -0.15) is 10.4 Å². The van der Waals surface area contributed by atoms with Gasteiger partial charge < -0.3 is 0 Å². The molecule has 1 unspecified atom stereocenters. The minimum Gasteiger partial charge on any atom is -0.298 e. The lowest BCUT2D eigenvalue weighted by Gasteiger charge is -2.51. The molecule has 0 radical (unpaired) electrons. The SMILES string of the molecule is C[C@@H]1C(=O)C(C#N)C[C@]2(c3ccccc3)c3c(cnn3Cc3ccc(Br)cc3)CC[C@@H]12. The van der Waals surface area contributed by atoms with E-state index in [1.165, 1.54) is 22.4 Å². The first kappa shape index (κ1) is 20.2. The van der Waals surface area contributed by atoms with E-state index in [4.69, 9.17) is 5.10 Å². The number of aryl methyl sites for hydroxylation is 1. The van der Waals surface area contributed by atoms with Gasteiger partial charge in [0, 0.05) is 15.8 Å². The van der Waals surface area contributed by atoms with E-state index in [1.54, 1.807) is 0 Å². The van der Waals surface area contributed by atoms with E-state index < -0.39 is 5.92 Å². The Morgan fingerprint density at radius 2 is 1.94 bits per heavy atom. The lowest BCUT2D eigenvalue weighted by atomic mass is 9.51. The van der Waals surface area contributed by atoms with Gasteiger partial charge in [-0.15, -0.1) is 0 Å². The van der Waals surface area contributed by atoms with Gasteiger partial charge in [0.2, 0.25) is 0 Å². The van der Waals surface area contributed by atoms with E-state index in [1.807, 2.05) is 31.3 Å². The van der Waals surface area contributed by atoms with E-state index >= 15 is 0 Å². The first-order valence-corrected chi connectivity index (χ1v) is 11.6. The number of halogens is 1. The van der Waals surface area contributed by atoms with Gasteiger partial charge in [0.25, 0.3) is 0 Å². The smallest absolute Gasteiger partial charge is 0.153 e. The molecule has 2 aromatic carbocycles. The third-order valence-electron chi connectivity index (χ3n) is 7.31. The molecule has 1 heterocycles. The van der Waals surface area contributed by atoms with Crippen molar-refractivity contribution >= 4 is 21.7 Å². The van der Waals surface area contributed by atoms with Crippen molar-refractivity contribution in [2.24, 2.45) is 17.8 Å². The fraction of sp³-hybridized carbons (Fsp3) is 0.346. The Bertz CT molecular complexity index is 1160. The van der Waals surface area contributed by atoms with Crippen LogP contribution in [0.1, 0.15) is 42.1 Å². The van der Waals surface area contributed by atoms with Gasteiger partial charge in [0.05, 0.1) is 24.5 Å². The van der Waals surface area contributed by atoms with Gasteiger partial charge in [0.15, 0.2) is 5.78 Å². The first-order chi connectivity index (χ1) is 15.0. The van der Waals surface area contributed by atoms with Crippen molar-refractivity contribution in [3.05, 3.63) is 87.7 Å². The van der Waals surface area contributed by atoms with E-state index in [0.29, 0.717) is 13.0 Å². The molecule has 0 spiro atoms. The van der Waals surface area contributed by atoms with Crippen LogP contribution in [0.2, 0.25) is 0 Å². The second-order valence-corrected chi connectivity index (χ2v) is 9.78. The molecule has 3 aromatic rings. The molecule has 2 aliphatic rings. The molecule has 4 nitrogen and oxygen atoms in total. The Morgan fingerprint density at radius 1 is 1.19 bits per heavy atom. The van der Waals surface area contributed by atoms with E-state index in [0.717, 1.165) is 17.3 Å². The first-order valence-electron chi connectivity index (χ1n) is 10.8. The maximum Gasteiger partial charge on any atom is 0.153 e. The van der Waals surface area contributed by atoms with Crippen molar-refractivity contribution in [1.29, 1.82) is 5.26 Å². The minimum absolute atomic E-state index is 0.0986. The zero-order valence-electron chi connectivity index (χ0n) is 17.5. The summed E-state index contributed by atoms with van der Waals surface area (Å²) in [6.07, 6.45) is 4.39. The third-order valence-corrected chi connectivity index (χ3v) is 7.84. The lowest BCUT2D eigenvalue weighted by Crippen LogP contribution is -2.53. The fourth-order valence-corrected chi connectivity index (χ4v) is 6.18. The summed E-state index contributed by atoms with van der Waals surface area (Å²) >= 11 is 3.51. The summed E-state index contributed by atoms with van der Waals surface area (Å²) in [5.74, 6) is -0.474. The molecule has 0 amide bonds. The molecule has 0 bridgehead atoms. The number of Topliss-reactive ketones (excluding diaryl/α,β-unsaturated/α-hetero) is 1. The van der Waals surface area contributed by atoms with Crippen LogP contribution >= 0.6 is 15.9 Å². The van der Waals surface area contributed by atoms with Crippen molar-refractivity contribution in [3.63, 3.8) is 0 Å².